The van der Waals surface area contributed by atoms with Crippen molar-refractivity contribution in [3.63, 3.8) is 0 Å². The zero-order valence-electron chi connectivity index (χ0n) is 16.0. The van der Waals surface area contributed by atoms with Crippen molar-refractivity contribution >= 4 is 52.2 Å². The number of carbonyl (C=O) groups excluding carboxylic acids is 1. The van der Waals surface area contributed by atoms with Crippen molar-refractivity contribution in [1.82, 2.24) is 16.0 Å². The van der Waals surface area contributed by atoms with Gasteiger partial charge in [0.15, 0.2) is 5.96 Å². The van der Waals surface area contributed by atoms with E-state index in [0.29, 0.717) is 19.0 Å². The summed E-state index contributed by atoms with van der Waals surface area (Å²) >= 11 is 1.80. The highest BCUT2D eigenvalue weighted by atomic mass is 127. The minimum Gasteiger partial charge on any atom is -0.363 e. The molecule has 0 atom stereocenters. The molecule has 0 aliphatic carbocycles. The standard InChI is InChI=1S/C18H31N5OS.HI/c1-4-19-18(20-10-7-16(24)21-14(2)3)22-15-8-11-23(12-9-15)17-6-5-13-25-17;/h5-6,13-15H,4,7-12H2,1-3H3,(H,21,24)(H2,19,20,22);1H. The molecule has 26 heavy (non-hydrogen) atoms. The summed E-state index contributed by atoms with van der Waals surface area (Å²) in [7, 11) is 0. The largest absolute Gasteiger partial charge is 0.363 e. The number of halogens is 1. The second-order valence-electron chi connectivity index (χ2n) is 6.59. The van der Waals surface area contributed by atoms with E-state index >= 15 is 0 Å². The number of anilines is 1. The third kappa shape index (κ3) is 8.11. The Bertz CT molecular complexity index is 542. The van der Waals surface area contributed by atoms with Gasteiger partial charge in [0.2, 0.25) is 5.91 Å². The van der Waals surface area contributed by atoms with E-state index in [1.54, 1.807) is 11.3 Å². The molecule has 0 spiro atoms. The second-order valence-corrected chi connectivity index (χ2v) is 7.52. The van der Waals surface area contributed by atoms with Gasteiger partial charge in [-0.25, -0.2) is 0 Å². The number of nitrogens with one attached hydrogen (secondary N) is 3. The fraction of sp³-hybridized carbons (Fsp3) is 0.667. The van der Waals surface area contributed by atoms with Crippen LogP contribution in [0.2, 0.25) is 0 Å². The van der Waals surface area contributed by atoms with Crippen LogP contribution in [0.3, 0.4) is 0 Å². The van der Waals surface area contributed by atoms with E-state index < -0.39 is 0 Å². The maximum Gasteiger partial charge on any atom is 0.222 e. The lowest BCUT2D eigenvalue weighted by molar-refractivity contribution is -0.121. The van der Waals surface area contributed by atoms with Gasteiger partial charge in [0.25, 0.3) is 0 Å². The summed E-state index contributed by atoms with van der Waals surface area (Å²) in [6, 6.07) is 4.90. The minimum atomic E-state index is 0. The number of amides is 1. The van der Waals surface area contributed by atoms with Crippen LogP contribution in [0.25, 0.3) is 0 Å². The molecule has 0 saturated carbocycles. The van der Waals surface area contributed by atoms with Crippen molar-refractivity contribution in [3.05, 3.63) is 17.5 Å². The number of aliphatic imine (C=N–C) groups is 1. The normalized spacial score (nSPS) is 15.5. The summed E-state index contributed by atoms with van der Waals surface area (Å²) in [6.07, 6.45) is 2.61. The molecule has 8 heteroatoms. The van der Waals surface area contributed by atoms with Crippen molar-refractivity contribution in [2.45, 2.75) is 52.1 Å². The first-order valence-corrected chi connectivity index (χ1v) is 10.1. The van der Waals surface area contributed by atoms with Crippen LogP contribution in [0.4, 0.5) is 5.00 Å². The number of guanidine groups is 1. The molecule has 1 aromatic heterocycles. The topological polar surface area (TPSA) is 68.8 Å². The number of hydrogen-bond donors (Lipinski definition) is 3. The number of nitrogens with zero attached hydrogens (tertiary/aromatic N) is 2. The Kier molecular flexibility index (Phi) is 11.0. The molecule has 1 aliphatic rings. The summed E-state index contributed by atoms with van der Waals surface area (Å²) < 4.78 is 0. The van der Waals surface area contributed by atoms with Gasteiger partial charge in [0.05, 0.1) is 11.5 Å². The van der Waals surface area contributed by atoms with Gasteiger partial charge in [-0.1, -0.05) is 0 Å². The Labute approximate surface area is 178 Å². The van der Waals surface area contributed by atoms with Crippen molar-refractivity contribution in [2.24, 2.45) is 4.99 Å². The fourth-order valence-corrected chi connectivity index (χ4v) is 3.66. The molecule has 1 aliphatic heterocycles. The molecular weight excluding hydrogens is 461 g/mol. The van der Waals surface area contributed by atoms with Gasteiger partial charge in [-0.3, -0.25) is 9.79 Å². The Morgan fingerprint density at radius 2 is 2.12 bits per heavy atom. The van der Waals surface area contributed by atoms with E-state index in [-0.39, 0.29) is 35.9 Å². The first-order chi connectivity index (χ1) is 12.1. The van der Waals surface area contributed by atoms with Crippen LogP contribution in [0, 0.1) is 0 Å². The van der Waals surface area contributed by atoms with Crippen LogP contribution >= 0.6 is 35.3 Å². The molecule has 3 N–H and O–H groups in total. The maximum atomic E-state index is 11.7. The predicted octanol–water partition coefficient (Wildman–Crippen LogP) is 2.80. The van der Waals surface area contributed by atoms with Crippen LogP contribution in [0.15, 0.2) is 22.5 Å². The van der Waals surface area contributed by atoms with Crippen molar-refractivity contribution < 1.29 is 4.79 Å². The molecule has 148 valence electrons. The smallest absolute Gasteiger partial charge is 0.222 e. The molecule has 2 heterocycles. The van der Waals surface area contributed by atoms with Gasteiger partial charge in [-0.05, 0) is 51.1 Å². The highest BCUT2D eigenvalue weighted by Gasteiger charge is 2.20. The molecule has 1 fully saturated rings. The van der Waals surface area contributed by atoms with Gasteiger partial charge in [-0.2, -0.15) is 0 Å². The number of piperidine rings is 1. The van der Waals surface area contributed by atoms with Crippen LogP contribution < -0.4 is 20.9 Å². The van der Waals surface area contributed by atoms with E-state index in [9.17, 15) is 4.79 Å². The highest BCUT2D eigenvalue weighted by molar-refractivity contribution is 14.0. The average molecular weight is 493 g/mol. The van der Waals surface area contributed by atoms with Gasteiger partial charge in [0, 0.05) is 38.1 Å². The van der Waals surface area contributed by atoms with Crippen LogP contribution in [0.1, 0.15) is 40.0 Å². The third-order valence-electron chi connectivity index (χ3n) is 4.06. The molecule has 6 nitrogen and oxygen atoms in total. The molecule has 1 saturated heterocycles. The molecule has 0 radical (unpaired) electrons. The Balaban J connectivity index is 0.00000338. The maximum absolute atomic E-state index is 11.7. The quantitative estimate of drug-likeness (QED) is 0.311. The summed E-state index contributed by atoms with van der Waals surface area (Å²) in [5.41, 5.74) is 0. The average Bonchev–Trinajstić information content (AvgIpc) is 3.09. The van der Waals surface area contributed by atoms with Crippen LogP contribution in [-0.2, 0) is 4.79 Å². The Morgan fingerprint density at radius 3 is 2.69 bits per heavy atom. The number of carbonyl (C=O) groups is 1. The lowest BCUT2D eigenvalue weighted by Crippen LogP contribution is -2.48. The Morgan fingerprint density at radius 1 is 1.38 bits per heavy atom. The number of rotatable bonds is 7. The predicted molar refractivity (Wildman–Crippen MR) is 122 cm³/mol. The fourth-order valence-electron chi connectivity index (χ4n) is 2.87. The minimum absolute atomic E-state index is 0. The Hall–Kier alpha value is -1.03. The van der Waals surface area contributed by atoms with E-state index in [2.05, 4.69) is 50.3 Å². The molecule has 1 amide bonds. The molecule has 1 aromatic rings. The SMILES string of the molecule is CCNC(=NCCC(=O)NC(C)C)NC1CCN(c2cccs2)CC1.I. The summed E-state index contributed by atoms with van der Waals surface area (Å²) in [5.74, 6) is 0.869. The van der Waals surface area contributed by atoms with Gasteiger partial charge < -0.3 is 20.9 Å². The highest BCUT2D eigenvalue weighted by Crippen LogP contribution is 2.24. The second kappa shape index (κ2) is 12.4. The zero-order valence-corrected chi connectivity index (χ0v) is 19.1. The van der Waals surface area contributed by atoms with E-state index in [0.717, 1.165) is 38.4 Å². The van der Waals surface area contributed by atoms with Crippen LogP contribution in [-0.4, -0.2) is 50.1 Å². The monoisotopic (exact) mass is 493 g/mol. The summed E-state index contributed by atoms with van der Waals surface area (Å²) in [5, 5.41) is 13.2. The summed E-state index contributed by atoms with van der Waals surface area (Å²) in [4.78, 5) is 18.7. The molecule has 0 aromatic carbocycles. The van der Waals surface area contributed by atoms with Crippen molar-refractivity contribution in [2.75, 3.05) is 31.1 Å². The van der Waals surface area contributed by atoms with E-state index in [1.165, 1.54) is 5.00 Å². The van der Waals surface area contributed by atoms with Gasteiger partial charge in [-0.15, -0.1) is 35.3 Å². The van der Waals surface area contributed by atoms with Crippen molar-refractivity contribution in [3.8, 4) is 0 Å². The first-order valence-electron chi connectivity index (χ1n) is 9.21. The molecule has 2 rings (SSSR count). The molecule has 0 bridgehead atoms. The van der Waals surface area contributed by atoms with Gasteiger partial charge in [0.1, 0.15) is 0 Å². The van der Waals surface area contributed by atoms with Gasteiger partial charge >= 0.3 is 0 Å². The first kappa shape index (κ1) is 23.0. The number of thiophene rings is 1. The number of hydrogen-bond acceptors (Lipinski definition) is 4. The summed E-state index contributed by atoms with van der Waals surface area (Å²) in [6.45, 7) is 9.44. The molecular formula is C18H32IN5OS. The lowest BCUT2D eigenvalue weighted by Gasteiger charge is -2.33. The van der Waals surface area contributed by atoms with Crippen molar-refractivity contribution in [1.29, 1.82) is 0 Å². The van der Waals surface area contributed by atoms with E-state index in [4.69, 9.17) is 0 Å². The third-order valence-corrected chi connectivity index (χ3v) is 4.99. The molecule has 0 unspecified atom stereocenters. The zero-order chi connectivity index (χ0) is 18.1. The van der Waals surface area contributed by atoms with E-state index in [1.807, 2.05) is 13.8 Å². The lowest BCUT2D eigenvalue weighted by atomic mass is 10.1. The van der Waals surface area contributed by atoms with Crippen LogP contribution in [0.5, 0.6) is 0 Å².